The normalized spacial score (nSPS) is 22.4. The summed E-state index contributed by atoms with van der Waals surface area (Å²) in [6, 6.07) is 1.92. The van der Waals surface area contributed by atoms with E-state index in [1.807, 2.05) is 6.07 Å². The minimum absolute atomic E-state index is 0.00670. The summed E-state index contributed by atoms with van der Waals surface area (Å²) in [5.74, 6) is -0.157. The summed E-state index contributed by atoms with van der Waals surface area (Å²) in [4.78, 5) is 13.9. The van der Waals surface area contributed by atoms with Gasteiger partial charge in [0.25, 0.3) is 0 Å². The van der Waals surface area contributed by atoms with Gasteiger partial charge in [0.2, 0.25) is 5.91 Å². The monoisotopic (exact) mass is 224 g/mol. The fourth-order valence-electron chi connectivity index (χ4n) is 2.04. The number of aliphatic hydroxyl groups excluding tert-OH is 1. The summed E-state index contributed by atoms with van der Waals surface area (Å²) >= 11 is 0. The highest BCUT2D eigenvalue weighted by Crippen LogP contribution is 2.24. The number of aliphatic hydroxyl groups is 1. The maximum atomic E-state index is 12.2. The Bertz CT molecular complexity index is 294. The summed E-state index contributed by atoms with van der Waals surface area (Å²) in [5, 5.41) is 18.3. The molecular weight excluding hydrogens is 204 g/mol. The van der Waals surface area contributed by atoms with Gasteiger partial charge in [-0.1, -0.05) is 12.8 Å². The Morgan fingerprint density at radius 2 is 2.19 bits per heavy atom. The smallest absolute Gasteiger partial charge is 0.242 e. The third-order valence-electron chi connectivity index (χ3n) is 3.16. The average Bonchev–Trinajstić information content (AvgIpc) is 2.52. The Balaban J connectivity index is 2.83. The van der Waals surface area contributed by atoms with Crippen molar-refractivity contribution >= 4 is 5.91 Å². The Labute approximate surface area is 96.9 Å². The van der Waals surface area contributed by atoms with E-state index in [2.05, 4.69) is 0 Å². The number of carbonyl (C=O) groups is 1. The molecule has 1 saturated heterocycles. The van der Waals surface area contributed by atoms with E-state index in [0.29, 0.717) is 6.54 Å². The standard InChI is InChI=1S/C12H20N2O2/c1-12(2,9-13)11(16)14-7-5-3-4-6-10(14)8-15/h10,15H,3-8H2,1-2H3. The van der Waals surface area contributed by atoms with Gasteiger partial charge in [0.1, 0.15) is 5.41 Å². The van der Waals surface area contributed by atoms with Gasteiger partial charge in [-0.05, 0) is 26.7 Å². The number of likely N-dealkylation sites (tertiary alicyclic amines) is 1. The minimum Gasteiger partial charge on any atom is -0.394 e. The van der Waals surface area contributed by atoms with E-state index in [4.69, 9.17) is 5.26 Å². The second-order valence-electron chi connectivity index (χ2n) is 4.92. The van der Waals surface area contributed by atoms with Crippen molar-refractivity contribution in [2.45, 2.75) is 45.6 Å². The molecule has 1 fully saturated rings. The number of amides is 1. The number of carbonyl (C=O) groups excluding carboxylic acids is 1. The maximum Gasteiger partial charge on any atom is 0.242 e. The zero-order chi connectivity index (χ0) is 12.2. The summed E-state index contributed by atoms with van der Waals surface area (Å²) in [7, 11) is 0. The van der Waals surface area contributed by atoms with E-state index in [1.165, 1.54) is 0 Å². The molecule has 0 saturated carbocycles. The average molecular weight is 224 g/mol. The number of hydrogen-bond acceptors (Lipinski definition) is 3. The van der Waals surface area contributed by atoms with Gasteiger partial charge >= 0.3 is 0 Å². The van der Waals surface area contributed by atoms with E-state index < -0.39 is 5.41 Å². The second kappa shape index (κ2) is 5.31. The van der Waals surface area contributed by atoms with Crippen LogP contribution in [-0.4, -0.2) is 35.1 Å². The molecule has 1 rings (SSSR count). The van der Waals surface area contributed by atoms with Crippen LogP contribution in [0.5, 0.6) is 0 Å². The van der Waals surface area contributed by atoms with Gasteiger partial charge < -0.3 is 10.0 Å². The SMILES string of the molecule is CC(C)(C#N)C(=O)N1CCCCCC1CO. The van der Waals surface area contributed by atoms with E-state index in [1.54, 1.807) is 18.7 Å². The molecule has 0 aromatic rings. The third kappa shape index (κ3) is 2.73. The minimum atomic E-state index is -0.988. The Kier molecular flexibility index (Phi) is 4.31. The fourth-order valence-corrected chi connectivity index (χ4v) is 2.04. The lowest BCUT2D eigenvalue weighted by Crippen LogP contribution is -2.47. The lowest BCUT2D eigenvalue weighted by molar-refractivity contribution is -0.140. The summed E-state index contributed by atoms with van der Waals surface area (Å²) < 4.78 is 0. The molecule has 16 heavy (non-hydrogen) atoms. The molecule has 1 N–H and O–H groups in total. The van der Waals surface area contributed by atoms with Crippen molar-refractivity contribution in [3.8, 4) is 6.07 Å². The van der Waals surface area contributed by atoms with Crippen molar-refractivity contribution in [2.24, 2.45) is 5.41 Å². The largest absolute Gasteiger partial charge is 0.394 e. The van der Waals surface area contributed by atoms with E-state index >= 15 is 0 Å². The number of hydrogen-bond donors (Lipinski definition) is 1. The van der Waals surface area contributed by atoms with Crippen molar-refractivity contribution in [3.63, 3.8) is 0 Å². The molecule has 1 aliphatic rings. The lowest BCUT2D eigenvalue weighted by atomic mass is 9.93. The fraction of sp³-hybridized carbons (Fsp3) is 0.833. The second-order valence-corrected chi connectivity index (χ2v) is 4.92. The van der Waals surface area contributed by atoms with Crippen LogP contribution in [0, 0.1) is 16.7 Å². The zero-order valence-electron chi connectivity index (χ0n) is 10.1. The van der Waals surface area contributed by atoms with Crippen LogP contribution in [-0.2, 0) is 4.79 Å². The van der Waals surface area contributed by atoms with E-state index in [9.17, 15) is 9.90 Å². The Morgan fingerprint density at radius 1 is 1.50 bits per heavy atom. The van der Waals surface area contributed by atoms with Gasteiger partial charge in [-0.25, -0.2) is 0 Å². The molecule has 0 aromatic carbocycles. The van der Waals surface area contributed by atoms with Gasteiger partial charge in [0.05, 0.1) is 18.7 Å². The van der Waals surface area contributed by atoms with Gasteiger partial charge in [0, 0.05) is 6.54 Å². The molecule has 1 heterocycles. The van der Waals surface area contributed by atoms with Crippen LogP contribution in [0.15, 0.2) is 0 Å². The maximum absolute atomic E-state index is 12.2. The predicted molar refractivity (Wildman–Crippen MR) is 60.4 cm³/mol. The van der Waals surface area contributed by atoms with Crippen LogP contribution in [0.25, 0.3) is 0 Å². The topological polar surface area (TPSA) is 64.3 Å². The zero-order valence-corrected chi connectivity index (χ0v) is 10.1. The van der Waals surface area contributed by atoms with Crippen LogP contribution < -0.4 is 0 Å². The van der Waals surface area contributed by atoms with Gasteiger partial charge in [-0.3, -0.25) is 4.79 Å². The molecule has 4 nitrogen and oxygen atoms in total. The summed E-state index contributed by atoms with van der Waals surface area (Å²) in [6.45, 7) is 3.92. The highest BCUT2D eigenvalue weighted by atomic mass is 16.3. The Hall–Kier alpha value is -1.08. The van der Waals surface area contributed by atoms with Gasteiger partial charge in [-0.2, -0.15) is 5.26 Å². The Morgan fingerprint density at radius 3 is 2.75 bits per heavy atom. The van der Waals surface area contributed by atoms with Crippen molar-refractivity contribution in [2.75, 3.05) is 13.2 Å². The van der Waals surface area contributed by atoms with Crippen molar-refractivity contribution in [1.29, 1.82) is 5.26 Å². The quantitative estimate of drug-likeness (QED) is 0.769. The van der Waals surface area contributed by atoms with Crippen molar-refractivity contribution < 1.29 is 9.90 Å². The first-order valence-electron chi connectivity index (χ1n) is 5.86. The van der Waals surface area contributed by atoms with Crippen LogP contribution >= 0.6 is 0 Å². The highest BCUT2D eigenvalue weighted by Gasteiger charge is 2.35. The lowest BCUT2D eigenvalue weighted by Gasteiger charge is -2.32. The third-order valence-corrected chi connectivity index (χ3v) is 3.16. The molecule has 0 aromatic heterocycles. The van der Waals surface area contributed by atoms with Crippen LogP contribution in [0.3, 0.4) is 0 Å². The molecular formula is C12H20N2O2. The van der Waals surface area contributed by atoms with Crippen LogP contribution in [0.2, 0.25) is 0 Å². The van der Waals surface area contributed by atoms with Crippen molar-refractivity contribution in [3.05, 3.63) is 0 Å². The first-order chi connectivity index (χ1) is 7.53. The summed E-state index contributed by atoms with van der Waals surface area (Å²) in [6.07, 6.45) is 3.93. The molecule has 0 radical (unpaired) electrons. The van der Waals surface area contributed by atoms with Gasteiger partial charge in [0.15, 0.2) is 0 Å². The molecule has 1 aliphatic heterocycles. The molecule has 0 aliphatic carbocycles. The predicted octanol–water partition coefficient (Wildman–Crippen LogP) is 1.30. The number of nitriles is 1. The first kappa shape index (κ1) is 13.0. The molecule has 0 spiro atoms. The number of rotatable bonds is 2. The molecule has 1 atom stereocenters. The molecule has 4 heteroatoms. The van der Waals surface area contributed by atoms with Gasteiger partial charge in [-0.15, -0.1) is 0 Å². The number of nitrogens with zero attached hydrogens (tertiary/aromatic N) is 2. The molecule has 1 amide bonds. The molecule has 90 valence electrons. The first-order valence-corrected chi connectivity index (χ1v) is 5.86. The van der Waals surface area contributed by atoms with Crippen molar-refractivity contribution in [1.82, 2.24) is 4.90 Å². The van der Waals surface area contributed by atoms with E-state index in [-0.39, 0.29) is 18.6 Å². The molecule has 0 bridgehead atoms. The van der Waals surface area contributed by atoms with Crippen LogP contribution in [0.1, 0.15) is 39.5 Å². The van der Waals surface area contributed by atoms with Crippen LogP contribution in [0.4, 0.5) is 0 Å². The van der Waals surface area contributed by atoms with E-state index in [0.717, 1.165) is 25.7 Å². The summed E-state index contributed by atoms with van der Waals surface area (Å²) in [5.41, 5.74) is -0.988. The molecule has 1 unspecified atom stereocenters. The highest BCUT2D eigenvalue weighted by molar-refractivity contribution is 5.84.